The maximum absolute atomic E-state index is 13.8. The number of allylic oxidation sites excluding steroid dienone is 1. The lowest BCUT2D eigenvalue weighted by molar-refractivity contribution is 0.610. The van der Waals surface area contributed by atoms with Gasteiger partial charge in [-0.3, -0.25) is 0 Å². The molecule has 0 fully saturated rings. The van der Waals surface area contributed by atoms with E-state index in [9.17, 15) is 4.39 Å². The Hall–Kier alpha value is -2.09. The molecule has 2 aromatic carbocycles. The number of anilines is 1. The molecule has 2 heteroatoms. The quantitative estimate of drug-likeness (QED) is 0.775. The Morgan fingerprint density at radius 1 is 1.06 bits per heavy atom. The number of nitrogens with one attached hydrogen (secondary N) is 1. The highest BCUT2D eigenvalue weighted by Crippen LogP contribution is 2.17. The summed E-state index contributed by atoms with van der Waals surface area (Å²) in [7, 11) is 0. The van der Waals surface area contributed by atoms with Gasteiger partial charge in [-0.05, 0) is 30.2 Å². The summed E-state index contributed by atoms with van der Waals surface area (Å²) in [4.78, 5) is 0. The van der Waals surface area contributed by atoms with E-state index in [0.717, 1.165) is 11.3 Å². The van der Waals surface area contributed by atoms with E-state index >= 15 is 0 Å². The van der Waals surface area contributed by atoms with Crippen molar-refractivity contribution in [1.82, 2.24) is 0 Å². The standard InChI is InChI=1S/C16H16FN/c1-2-7-13-8-6-11-16(17)15(13)12-18-14-9-4-3-5-10-14/h2-6,8-11,18H,1,7,12H2. The van der Waals surface area contributed by atoms with Gasteiger partial charge in [-0.2, -0.15) is 0 Å². The molecule has 0 aliphatic carbocycles. The Morgan fingerprint density at radius 3 is 2.56 bits per heavy atom. The van der Waals surface area contributed by atoms with E-state index in [1.165, 1.54) is 6.07 Å². The van der Waals surface area contributed by atoms with Crippen LogP contribution in [0.1, 0.15) is 11.1 Å². The van der Waals surface area contributed by atoms with Gasteiger partial charge in [0.25, 0.3) is 0 Å². The van der Waals surface area contributed by atoms with E-state index in [2.05, 4.69) is 11.9 Å². The first-order valence-corrected chi connectivity index (χ1v) is 5.97. The van der Waals surface area contributed by atoms with Gasteiger partial charge >= 0.3 is 0 Å². The van der Waals surface area contributed by atoms with Crippen molar-refractivity contribution < 1.29 is 4.39 Å². The van der Waals surface area contributed by atoms with Gasteiger partial charge in [0.15, 0.2) is 0 Å². The Kier molecular flexibility index (Phi) is 4.13. The second kappa shape index (κ2) is 6.01. The lowest BCUT2D eigenvalue weighted by Gasteiger charge is -2.11. The van der Waals surface area contributed by atoms with Crippen molar-refractivity contribution in [3.63, 3.8) is 0 Å². The van der Waals surface area contributed by atoms with Gasteiger partial charge in [0, 0.05) is 17.8 Å². The molecule has 0 aliphatic rings. The first-order chi connectivity index (χ1) is 8.81. The molecule has 0 heterocycles. The van der Waals surface area contributed by atoms with Crippen LogP contribution in [0.15, 0.2) is 61.2 Å². The van der Waals surface area contributed by atoms with Crippen LogP contribution in [-0.4, -0.2) is 0 Å². The van der Waals surface area contributed by atoms with Crippen molar-refractivity contribution in [2.45, 2.75) is 13.0 Å². The maximum atomic E-state index is 13.8. The van der Waals surface area contributed by atoms with Crippen LogP contribution in [0.3, 0.4) is 0 Å². The summed E-state index contributed by atoms with van der Waals surface area (Å²) in [6, 6.07) is 15.0. The maximum Gasteiger partial charge on any atom is 0.128 e. The van der Waals surface area contributed by atoms with Crippen molar-refractivity contribution in [3.05, 3.63) is 78.1 Å². The third kappa shape index (κ3) is 2.98. The zero-order valence-corrected chi connectivity index (χ0v) is 10.2. The molecule has 0 saturated heterocycles. The van der Waals surface area contributed by atoms with Crippen molar-refractivity contribution in [2.75, 3.05) is 5.32 Å². The molecule has 18 heavy (non-hydrogen) atoms. The van der Waals surface area contributed by atoms with Crippen LogP contribution in [0, 0.1) is 5.82 Å². The first kappa shape index (κ1) is 12.4. The van der Waals surface area contributed by atoms with E-state index < -0.39 is 0 Å². The molecule has 0 unspecified atom stereocenters. The molecule has 0 radical (unpaired) electrons. The number of halogens is 1. The third-order valence-corrected chi connectivity index (χ3v) is 2.82. The highest BCUT2D eigenvalue weighted by atomic mass is 19.1. The minimum Gasteiger partial charge on any atom is -0.381 e. The zero-order chi connectivity index (χ0) is 12.8. The van der Waals surface area contributed by atoms with Gasteiger partial charge in [-0.1, -0.05) is 36.4 Å². The molecule has 2 rings (SSSR count). The Balaban J connectivity index is 2.15. The summed E-state index contributed by atoms with van der Waals surface area (Å²) in [5, 5.41) is 3.23. The predicted molar refractivity (Wildman–Crippen MR) is 74.1 cm³/mol. The Bertz CT molecular complexity index is 520. The van der Waals surface area contributed by atoms with E-state index in [-0.39, 0.29) is 5.82 Å². The summed E-state index contributed by atoms with van der Waals surface area (Å²) in [6.45, 7) is 4.19. The van der Waals surface area contributed by atoms with Crippen LogP contribution in [-0.2, 0) is 13.0 Å². The number of benzene rings is 2. The van der Waals surface area contributed by atoms with Crippen LogP contribution < -0.4 is 5.32 Å². The SMILES string of the molecule is C=CCc1cccc(F)c1CNc1ccccc1. The van der Waals surface area contributed by atoms with Crippen molar-refractivity contribution in [1.29, 1.82) is 0 Å². The summed E-state index contributed by atoms with van der Waals surface area (Å²) in [5.74, 6) is -0.169. The molecule has 0 atom stereocenters. The molecule has 2 aromatic rings. The fraction of sp³-hybridized carbons (Fsp3) is 0.125. The van der Waals surface area contributed by atoms with Gasteiger partial charge in [0.2, 0.25) is 0 Å². The van der Waals surface area contributed by atoms with Crippen LogP contribution in [0.2, 0.25) is 0 Å². The number of para-hydroxylation sites is 1. The molecule has 0 saturated carbocycles. The summed E-state index contributed by atoms with van der Waals surface area (Å²) < 4.78 is 13.8. The lowest BCUT2D eigenvalue weighted by Crippen LogP contribution is -2.05. The first-order valence-electron chi connectivity index (χ1n) is 5.97. The van der Waals surface area contributed by atoms with E-state index in [1.54, 1.807) is 12.1 Å². The minimum atomic E-state index is -0.169. The van der Waals surface area contributed by atoms with Crippen LogP contribution >= 0.6 is 0 Å². The van der Waals surface area contributed by atoms with Crippen molar-refractivity contribution >= 4 is 5.69 Å². The predicted octanol–water partition coefficient (Wildman–Crippen LogP) is 4.17. The van der Waals surface area contributed by atoms with Gasteiger partial charge < -0.3 is 5.32 Å². The van der Waals surface area contributed by atoms with Crippen LogP contribution in [0.25, 0.3) is 0 Å². The van der Waals surface area contributed by atoms with Crippen molar-refractivity contribution in [3.8, 4) is 0 Å². The van der Waals surface area contributed by atoms with E-state index in [0.29, 0.717) is 18.5 Å². The molecular formula is C16H16FN. The average molecular weight is 241 g/mol. The number of hydrogen-bond acceptors (Lipinski definition) is 1. The molecule has 0 spiro atoms. The monoisotopic (exact) mass is 241 g/mol. The van der Waals surface area contributed by atoms with Gasteiger partial charge in [0.05, 0.1) is 0 Å². The topological polar surface area (TPSA) is 12.0 Å². The van der Waals surface area contributed by atoms with Gasteiger partial charge in [0.1, 0.15) is 5.82 Å². The molecule has 0 aliphatic heterocycles. The van der Waals surface area contributed by atoms with Crippen molar-refractivity contribution in [2.24, 2.45) is 0 Å². The second-order valence-electron chi connectivity index (χ2n) is 4.09. The van der Waals surface area contributed by atoms with Crippen LogP contribution in [0.5, 0.6) is 0 Å². The van der Waals surface area contributed by atoms with E-state index in [1.807, 2.05) is 36.4 Å². The highest BCUT2D eigenvalue weighted by Gasteiger charge is 2.06. The summed E-state index contributed by atoms with van der Waals surface area (Å²) >= 11 is 0. The highest BCUT2D eigenvalue weighted by molar-refractivity contribution is 5.44. The zero-order valence-electron chi connectivity index (χ0n) is 10.2. The second-order valence-corrected chi connectivity index (χ2v) is 4.09. The summed E-state index contributed by atoms with van der Waals surface area (Å²) in [6.07, 6.45) is 2.48. The normalized spacial score (nSPS) is 10.1. The fourth-order valence-electron chi connectivity index (χ4n) is 1.89. The third-order valence-electron chi connectivity index (χ3n) is 2.82. The largest absolute Gasteiger partial charge is 0.381 e. The molecule has 92 valence electrons. The van der Waals surface area contributed by atoms with Crippen LogP contribution in [0.4, 0.5) is 10.1 Å². The fourth-order valence-corrected chi connectivity index (χ4v) is 1.89. The lowest BCUT2D eigenvalue weighted by atomic mass is 10.0. The smallest absolute Gasteiger partial charge is 0.128 e. The molecule has 0 aromatic heterocycles. The minimum absolute atomic E-state index is 0.169. The Morgan fingerprint density at radius 2 is 1.83 bits per heavy atom. The number of rotatable bonds is 5. The molecule has 0 amide bonds. The molecular weight excluding hydrogens is 225 g/mol. The van der Waals surface area contributed by atoms with Gasteiger partial charge in [-0.25, -0.2) is 4.39 Å². The average Bonchev–Trinajstić information content (AvgIpc) is 2.40. The molecule has 1 nitrogen and oxygen atoms in total. The molecule has 1 N–H and O–H groups in total. The van der Waals surface area contributed by atoms with Gasteiger partial charge in [-0.15, -0.1) is 6.58 Å². The Labute approximate surface area is 107 Å². The van der Waals surface area contributed by atoms with E-state index in [4.69, 9.17) is 0 Å². The summed E-state index contributed by atoms with van der Waals surface area (Å²) in [5.41, 5.74) is 2.68. The molecule has 0 bridgehead atoms. The number of hydrogen-bond donors (Lipinski definition) is 1.